The maximum atomic E-state index is 12.1. The van der Waals surface area contributed by atoms with Crippen LogP contribution in [0.4, 0.5) is 9.80 Å². The average Bonchev–Trinajstić information content (AvgIpc) is 2.96. The van der Waals surface area contributed by atoms with Gasteiger partial charge in [-0.3, -0.25) is 5.32 Å². The number of aromatic nitrogens is 1. The molecule has 0 aliphatic rings. The first-order valence-electron chi connectivity index (χ1n) is 7.24. The van der Waals surface area contributed by atoms with Crippen molar-refractivity contribution in [3.05, 3.63) is 35.4 Å². The zero-order valence-electron chi connectivity index (χ0n) is 14.0. The van der Waals surface area contributed by atoms with E-state index in [9.17, 15) is 4.79 Å². The number of amides is 2. The Morgan fingerprint density at radius 1 is 1.38 bits per heavy atom. The molecule has 3 N–H and O–H groups in total. The number of aryl methyl sites for hydroxylation is 1. The third kappa shape index (κ3) is 4.34. The molecular weight excluding hydrogens is 330 g/mol. The minimum Gasteiger partial charge on any atom is -0.488 e. The van der Waals surface area contributed by atoms with Crippen molar-refractivity contribution in [2.75, 3.05) is 26.5 Å². The number of benzene rings is 1. The van der Waals surface area contributed by atoms with E-state index >= 15 is 0 Å². The second-order valence-electron chi connectivity index (χ2n) is 4.90. The third-order valence-electron chi connectivity index (χ3n) is 3.22. The van der Waals surface area contributed by atoms with Crippen molar-refractivity contribution in [1.29, 1.82) is 0 Å². The zero-order valence-corrected chi connectivity index (χ0v) is 14.9. The first-order valence-corrected chi connectivity index (χ1v) is 8.02. The van der Waals surface area contributed by atoms with Gasteiger partial charge in [0.15, 0.2) is 0 Å². The third-order valence-corrected chi connectivity index (χ3v) is 4.00. The summed E-state index contributed by atoms with van der Waals surface area (Å²) in [5.41, 5.74) is 7.06. The van der Waals surface area contributed by atoms with Crippen LogP contribution in [0.2, 0.25) is 0 Å². The summed E-state index contributed by atoms with van der Waals surface area (Å²) in [7, 11) is 4.79. The van der Waals surface area contributed by atoms with Gasteiger partial charge in [-0.05, 0) is 30.1 Å². The van der Waals surface area contributed by atoms with Crippen molar-refractivity contribution in [3.8, 4) is 11.6 Å². The number of hydrazine groups is 2. The fraction of sp³-hybridized carbons (Fsp3) is 0.333. The molecule has 0 aliphatic carbocycles. The van der Waals surface area contributed by atoms with Crippen LogP contribution >= 0.6 is 11.5 Å². The maximum Gasteiger partial charge on any atom is 0.337 e. The normalized spacial score (nSPS) is 10.3. The molecule has 0 saturated carbocycles. The molecule has 1 aromatic carbocycles. The Morgan fingerprint density at radius 2 is 2.12 bits per heavy atom. The number of rotatable bonds is 7. The first-order chi connectivity index (χ1) is 11.6. The van der Waals surface area contributed by atoms with E-state index in [1.165, 1.54) is 12.1 Å². The fourth-order valence-corrected chi connectivity index (χ4v) is 2.70. The van der Waals surface area contributed by atoms with E-state index in [0.29, 0.717) is 16.4 Å². The van der Waals surface area contributed by atoms with Gasteiger partial charge in [0, 0.05) is 14.1 Å². The number of methoxy groups -OCH3 is 1. The van der Waals surface area contributed by atoms with Crippen LogP contribution in [0, 0.1) is 6.92 Å². The van der Waals surface area contributed by atoms with Crippen LogP contribution in [0.1, 0.15) is 11.1 Å². The van der Waals surface area contributed by atoms with Gasteiger partial charge in [0.25, 0.3) is 0 Å². The van der Waals surface area contributed by atoms with Crippen molar-refractivity contribution < 1.29 is 14.3 Å². The molecule has 0 bridgehead atoms. The Labute approximate surface area is 144 Å². The van der Waals surface area contributed by atoms with E-state index < -0.39 is 0 Å². The van der Waals surface area contributed by atoms with Crippen LogP contribution in [0.25, 0.3) is 0 Å². The van der Waals surface area contributed by atoms with Gasteiger partial charge in [-0.25, -0.2) is 15.2 Å². The number of nitrogens with one attached hydrogen (secondary N) is 3. The molecule has 0 spiro atoms. The number of urea groups is 1. The Hall–Kier alpha value is -2.36. The van der Waals surface area contributed by atoms with Crippen molar-refractivity contribution in [1.82, 2.24) is 20.3 Å². The molecule has 1 aromatic heterocycles. The van der Waals surface area contributed by atoms with Gasteiger partial charge in [0.2, 0.25) is 5.88 Å². The highest BCUT2D eigenvalue weighted by atomic mass is 32.1. The number of ether oxygens (including phenoxy) is 2. The summed E-state index contributed by atoms with van der Waals surface area (Å²) in [4.78, 5) is 12.1. The van der Waals surface area contributed by atoms with Gasteiger partial charge in [-0.2, -0.15) is 9.91 Å². The summed E-state index contributed by atoms with van der Waals surface area (Å²) in [6.45, 7) is 2.21. The standard InChI is InChI=1S/C15H21N5O3S/c1-10-7-5-6-8-12(10)23-9-11-13(22-4)18-24-14(11)17-15(21)20(3)19-16-2/h5-8,16,19H,9H2,1-4H3,(H,17,21). The molecule has 0 aliphatic heterocycles. The molecule has 0 saturated heterocycles. The smallest absolute Gasteiger partial charge is 0.337 e. The summed E-state index contributed by atoms with van der Waals surface area (Å²) in [6.07, 6.45) is 0. The number of carbonyl (C=O) groups is 1. The fourth-order valence-electron chi connectivity index (χ4n) is 1.95. The summed E-state index contributed by atoms with van der Waals surface area (Å²) in [5, 5.41) is 4.64. The van der Waals surface area contributed by atoms with Gasteiger partial charge in [0.05, 0.1) is 12.7 Å². The topological polar surface area (TPSA) is 87.8 Å². The highest BCUT2D eigenvalue weighted by molar-refractivity contribution is 7.10. The van der Waals surface area contributed by atoms with E-state index in [2.05, 4.69) is 20.7 Å². The van der Waals surface area contributed by atoms with E-state index in [4.69, 9.17) is 9.47 Å². The van der Waals surface area contributed by atoms with Crippen molar-refractivity contribution in [2.45, 2.75) is 13.5 Å². The molecule has 1 heterocycles. The lowest BCUT2D eigenvalue weighted by molar-refractivity contribution is 0.190. The summed E-state index contributed by atoms with van der Waals surface area (Å²) >= 11 is 1.14. The molecule has 2 rings (SSSR count). The molecule has 0 atom stereocenters. The molecule has 130 valence electrons. The predicted molar refractivity (Wildman–Crippen MR) is 93.2 cm³/mol. The van der Waals surface area contributed by atoms with Gasteiger partial charge >= 0.3 is 6.03 Å². The van der Waals surface area contributed by atoms with E-state index in [1.807, 2.05) is 31.2 Å². The minimum absolute atomic E-state index is 0.239. The molecule has 9 heteroatoms. The lowest BCUT2D eigenvalue weighted by atomic mass is 10.2. The van der Waals surface area contributed by atoms with E-state index in [1.54, 1.807) is 14.1 Å². The second kappa shape index (κ2) is 8.48. The van der Waals surface area contributed by atoms with Crippen molar-refractivity contribution in [2.24, 2.45) is 0 Å². The van der Waals surface area contributed by atoms with Crippen LogP contribution < -0.4 is 25.8 Å². The molecule has 24 heavy (non-hydrogen) atoms. The Bertz CT molecular complexity index is 691. The lowest BCUT2D eigenvalue weighted by Gasteiger charge is -2.18. The maximum absolute atomic E-state index is 12.1. The number of para-hydroxylation sites is 1. The molecule has 0 radical (unpaired) electrons. The molecule has 0 fully saturated rings. The Kier molecular flexibility index (Phi) is 6.36. The highest BCUT2D eigenvalue weighted by Gasteiger charge is 2.19. The molecular formula is C15H21N5O3S. The first kappa shape index (κ1) is 18.0. The highest BCUT2D eigenvalue weighted by Crippen LogP contribution is 2.32. The van der Waals surface area contributed by atoms with Gasteiger partial charge < -0.3 is 9.47 Å². The number of hydrogen-bond acceptors (Lipinski definition) is 7. The van der Waals surface area contributed by atoms with Crippen LogP contribution in [0.15, 0.2) is 24.3 Å². The molecule has 0 unspecified atom stereocenters. The summed E-state index contributed by atoms with van der Waals surface area (Å²) < 4.78 is 15.3. The largest absolute Gasteiger partial charge is 0.488 e. The molecule has 2 aromatic rings. The number of anilines is 1. The number of carbonyl (C=O) groups excluding carboxylic acids is 1. The van der Waals surface area contributed by atoms with Gasteiger partial charge in [-0.15, -0.1) is 0 Å². The number of hydrogen-bond donors (Lipinski definition) is 3. The van der Waals surface area contributed by atoms with E-state index in [-0.39, 0.29) is 12.6 Å². The van der Waals surface area contributed by atoms with E-state index in [0.717, 1.165) is 22.8 Å². The molecule has 2 amide bonds. The molecule has 8 nitrogen and oxygen atoms in total. The second-order valence-corrected chi connectivity index (χ2v) is 5.68. The van der Waals surface area contributed by atoms with Gasteiger partial charge in [0.1, 0.15) is 17.4 Å². The predicted octanol–water partition coefficient (Wildman–Crippen LogP) is 2.14. The number of nitrogens with zero attached hydrogens (tertiary/aromatic N) is 2. The lowest BCUT2D eigenvalue weighted by Crippen LogP contribution is -2.47. The summed E-state index contributed by atoms with van der Waals surface area (Å²) in [5.74, 6) is 1.21. The van der Waals surface area contributed by atoms with Crippen LogP contribution in [0.3, 0.4) is 0 Å². The average molecular weight is 351 g/mol. The van der Waals surface area contributed by atoms with Crippen LogP contribution in [0.5, 0.6) is 11.6 Å². The Morgan fingerprint density at radius 3 is 2.79 bits per heavy atom. The monoisotopic (exact) mass is 351 g/mol. The summed E-state index contributed by atoms with van der Waals surface area (Å²) in [6, 6.07) is 7.38. The SMILES string of the molecule is CNNN(C)C(=O)Nc1snc(OC)c1COc1ccccc1C. The Balaban J connectivity index is 2.12. The van der Waals surface area contributed by atoms with Crippen molar-refractivity contribution >= 4 is 22.6 Å². The zero-order chi connectivity index (χ0) is 17.5. The minimum atomic E-state index is -0.340. The van der Waals surface area contributed by atoms with Crippen LogP contribution in [-0.2, 0) is 6.61 Å². The van der Waals surface area contributed by atoms with Gasteiger partial charge in [-0.1, -0.05) is 18.2 Å². The van der Waals surface area contributed by atoms with Crippen LogP contribution in [-0.4, -0.2) is 36.6 Å². The van der Waals surface area contributed by atoms with Crippen molar-refractivity contribution in [3.63, 3.8) is 0 Å². The quantitative estimate of drug-likeness (QED) is 0.663.